The third-order valence-electron chi connectivity index (χ3n) is 5.36. The molecule has 0 bridgehead atoms. The zero-order valence-corrected chi connectivity index (χ0v) is 19.9. The molecule has 9 heteroatoms. The molecular formula is C21H21Cl3N2O2S2. The van der Waals surface area contributed by atoms with Crippen LogP contribution in [0.1, 0.15) is 19.3 Å². The molecule has 1 saturated heterocycles. The third kappa shape index (κ3) is 4.90. The van der Waals surface area contributed by atoms with Crippen molar-refractivity contribution in [3.8, 4) is 0 Å². The van der Waals surface area contributed by atoms with Crippen LogP contribution >= 0.6 is 46.1 Å². The molecule has 1 aromatic carbocycles. The summed E-state index contributed by atoms with van der Waals surface area (Å²) in [4.78, 5) is 2.24. The second-order valence-corrected chi connectivity index (χ2v) is 11.7. The summed E-state index contributed by atoms with van der Waals surface area (Å²) >= 11 is 20.0. The number of alkyl halides is 1. The highest BCUT2D eigenvalue weighted by Gasteiger charge is 2.34. The number of anilines is 1. The van der Waals surface area contributed by atoms with Crippen molar-refractivity contribution in [3.05, 3.63) is 69.6 Å². The van der Waals surface area contributed by atoms with Crippen molar-refractivity contribution in [2.24, 2.45) is 0 Å². The first kappa shape index (κ1) is 22.2. The minimum Gasteiger partial charge on any atom is -0.363 e. The normalized spacial score (nSPS) is 24.7. The molecule has 1 aliphatic carbocycles. The summed E-state index contributed by atoms with van der Waals surface area (Å²) in [5, 5.41) is 2.92. The lowest BCUT2D eigenvalue weighted by Gasteiger charge is -2.42. The summed E-state index contributed by atoms with van der Waals surface area (Å²) in [6.45, 7) is 0.666. The lowest BCUT2D eigenvalue weighted by Crippen LogP contribution is -2.50. The number of sulfonamides is 1. The van der Waals surface area contributed by atoms with Gasteiger partial charge in [0.25, 0.3) is 0 Å². The van der Waals surface area contributed by atoms with Gasteiger partial charge in [-0.2, -0.15) is 0 Å². The monoisotopic (exact) mass is 502 g/mol. The third-order valence-corrected chi connectivity index (χ3v) is 9.14. The summed E-state index contributed by atoms with van der Waals surface area (Å²) in [5.41, 5.74) is 2.02. The number of hydrogen-bond donors (Lipinski definition) is 1. The van der Waals surface area contributed by atoms with Crippen LogP contribution in [0.2, 0.25) is 10.0 Å². The number of nitrogens with zero attached hydrogens (tertiary/aromatic N) is 1. The number of hydrogen-bond acceptors (Lipinski definition) is 4. The van der Waals surface area contributed by atoms with E-state index in [1.807, 2.05) is 24.3 Å². The summed E-state index contributed by atoms with van der Waals surface area (Å²) in [5.74, 6) is 0. The van der Waals surface area contributed by atoms with Gasteiger partial charge in [0.2, 0.25) is 10.0 Å². The fourth-order valence-electron chi connectivity index (χ4n) is 3.94. The van der Waals surface area contributed by atoms with Gasteiger partial charge in [-0.1, -0.05) is 47.5 Å². The van der Waals surface area contributed by atoms with Crippen molar-refractivity contribution < 1.29 is 8.42 Å². The van der Waals surface area contributed by atoms with Gasteiger partial charge in [-0.15, -0.1) is 22.9 Å². The van der Waals surface area contributed by atoms with Gasteiger partial charge in [-0.3, -0.25) is 0 Å². The molecule has 0 saturated carbocycles. The van der Waals surface area contributed by atoms with E-state index in [1.54, 1.807) is 23.6 Å². The second-order valence-electron chi connectivity index (χ2n) is 7.39. The predicted molar refractivity (Wildman–Crippen MR) is 127 cm³/mol. The fraction of sp³-hybridized carbons (Fsp3) is 0.333. The van der Waals surface area contributed by atoms with Crippen molar-refractivity contribution >= 4 is 61.9 Å². The van der Waals surface area contributed by atoms with Gasteiger partial charge in [0.1, 0.15) is 4.21 Å². The quantitative estimate of drug-likeness (QED) is 0.520. The SMILES string of the molecule is O=S(=O)(NC1CCN(c2ccc(Cl)cc2Cl)C(C2=CCC(Cl)C=C2)C1)c1cccs1. The van der Waals surface area contributed by atoms with E-state index in [1.165, 1.54) is 11.3 Å². The van der Waals surface area contributed by atoms with Crippen LogP contribution < -0.4 is 9.62 Å². The average molecular weight is 504 g/mol. The number of benzene rings is 1. The number of halogens is 3. The highest BCUT2D eigenvalue weighted by Crippen LogP contribution is 2.37. The molecule has 1 N–H and O–H groups in total. The minimum atomic E-state index is -3.53. The Morgan fingerprint density at radius 3 is 2.70 bits per heavy atom. The Labute approximate surface area is 196 Å². The van der Waals surface area contributed by atoms with Crippen molar-refractivity contribution in [1.29, 1.82) is 0 Å². The first-order chi connectivity index (χ1) is 14.3. The van der Waals surface area contributed by atoms with E-state index < -0.39 is 10.0 Å². The molecule has 160 valence electrons. The molecular weight excluding hydrogens is 483 g/mol. The van der Waals surface area contributed by atoms with Gasteiger partial charge in [0.15, 0.2) is 0 Å². The van der Waals surface area contributed by atoms with Gasteiger partial charge in [0.05, 0.1) is 22.1 Å². The Hall–Kier alpha value is -1.02. The second kappa shape index (κ2) is 9.23. The van der Waals surface area contributed by atoms with E-state index >= 15 is 0 Å². The summed E-state index contributed by atoms with van der Waals surface area (Å²) < 4.78 is 28.7. The first-order valence-electron chi connectivity index (χ1n) is 9.63. The molecule has 3 unspecified atom stereocenters. The smallest absolute Gasteiger partial charge is 0.250 e. The van der Waals surface area contributed by atoms with Crippen LogP contribution in [-0.4, -0.2) is 32.4 Å². The fourth-order valence-corrected chi connectivity index (χ4v) is 6.91. The molecule has 2 heterocycles. The van der Waals surface area contributed by atoms with Crippen LogP contribution in [0.5, 0.6) is 0 Å². The highest BCUT2D eigenvalue weighted by atomic mass is 35.5. The summed E-state index contributed by atoms with van der Waals surface area (Å²) in [6.07, 6.45) is 8.21. The van der Waals surface area contributed by atoms with Gasteiger partial charge in [-0.05, 0) is 54.5 Å². The van der Waals surface area contributed by atoms with E-state index in [2.05, 4.69) is 15.7 Å². The molecule has 3 atom stereocenters. The molecule has 4 rings (SSSR count). The van der Waals surface area contributed by atoms with Gasteiger partial charge in [0, 0.05) is 17.6 Å². The molecule has 2 aliphatic rings. The maximum atomic E-state index is 12.7. The lowest BCUT2D eigenvalue weighted by atomic mass is 9.89. The van der Waals surface area contributed by atoms with Crippen LogP contribution in [0.15, 0.2) is 63.7 Å². The number of allylic oxidation sites excluding steroid dienone is 2. The van der Waals surface area contributed by atoms with Crippen molar-refractivity contribution in [1.82, 2.24) is 4.72 Å². The largest absolute Gasteiger partial charge is 0.363 e. The minimum absolute atomic E-state index is 0.0157. The molecule has 0 amide bonds. The molecule has 1 aliphatic heterocycles. The Kier molecular flexibility index (Phi) is 6.82. The van der Waals surface area contributed by atoms with E-state index in [0.29, 0.717) is 33.6 Å². The predicted octanol–water partition coefficient (Wildman–Crippen LogP) is 5.86. The molecule has 2 aromatic rings. The van der Waals surface area contributed by atoms with Gasteiger partial charge in [-0.25, -0.2) is 13.1 Å². The van der Waals surface area contributed by atoms with Crippen LogP contribution in [-0.2, 0) is 10.0 Å². The molecule has 1 aromatic heterocycles. The molecule has 0 spiro atoms. The number of nitrogens with one attached hydrogen (secondary N) is 1. The van der Waals surface area contributed by atoms with Gasteiger partial charge < -0.3 is 4.90 Å². The maximum absolute atomic E-state index is 12.7. The standard InChI is InChI=1S/C21H21Cl3N2O2S2/c22-15-5-3-14(4-6-15)20-13-17(25-30(27,28)21-2-1-11-29-21)9-10-26(20)19-8-7-16(23)12-18(19)24/h1-5,7-8,11-12,15,17,20,25H,6,9-10,13H2. The topological polar surface area (TPSA) is 49.4 Å². The summed E-state index contributed by atoms with van der Waals surface area (Å²) in [7, 11) is -3.53. The zero-order valence-electron chi connectivity index (χ0n) is 16.0. The molecule has 1 fully saturated rings. The van der Waals surface area contributed by atoms with Crippen molar-refractivity contribution in [3.63, 3.8) is 0 Å². The van der Waals surface area contributed by atoms with Crippen LogP contribution in [0.4, 0.5) is 5.69 Å². The summed E-state index contributed by atoms with van der Waals surface area (Å²) in [6, 6.07) is 8.66. The highest BCUT2D eigenvalue weighted by molar-refractivity contribution is 7.91. The Morgan fingerprint density at radius 2 is 2.03 bits per heavy atom. The molecule has 0 radical (unpaired) electrons. The van der Waals surface area contributed by atoms with Crippen LogP contribution in [0, 0.1) is 0 Å². The van der Waals surface area contributed by atoms with Crippen molar-refractivity contribution in [2.75, 3.05) is 11.4 Å². The molecule has 4 nitrogen and oxygen atoms in total. The van der Waals surface area contributed by atoms with Gasteiger partial charge >= 0.3 is 0 Å². The van der Waals surface area contributed by atoms with Crippen LogP contribution in [0.3, 0.4) is 0 Å². The average Bonchev–Trinajstić information content (AvgIpc) is 3.25. The lowest BCUT2D eigenvalue weighted by molar-refractivity contribution is 0.416. The Balaban J connectivity index is 1.61. The number of thiophene rings is 1. The van der Waals surface area contributed by atoms with E-state index in [-0.39, 0.29) is 17.5 Å². The first-order valence-corrected chi connectivity index (χ1v) is 13.2. The van der Waals surface area contributed by atoms with E-state index in [4.69, 9.17) is 34.8 Å². The van der Waals surface area contributed by atoms with E-state index in [0.717, 1.165) is 17.7 Å². The number of rotatable bonds is 5. The molecule has 30 heavy (non-hydrogen) atoms. The van der Waals surface area contributed by atoms with E-state index in [9.17, 15) is 8.42 Å². The van der Waals surface area contributed by atoms with Crippen LogP contribution in [0.25, 0.3) is 0 Å². The van der Waals surface area contributed by atoms with Crippen molar-refractivity contribution in [2.45, 2.75) is 40.9 Å². The Morgan fingerprint density at radius 1 is 1.20 bits per heavy atom. The zero-order chi connectivity index (χ0) is 21.3. The maximum Gasteiger partial charge on any atom is 0.250 e. The number of piperidine rings is 1. The Bertz CT molecular complexity index is 1070.